The number of carbonyl (C=O) groups is 1. The average Bonchev–Trinajstić information content (AvgIpc) is 3.07. The summed E-state index contributed by atoms with van der Waals surface area (Å²) < 4.78 is 2.71. The van der Waals surface area contributed by atoms with E-state index in [1.54, 1.807) is 6.07 Å². The molecule has 0 bridgehead atoms. The van der Waals surface area contributed by atoms with E-state index in [4.69, 9.17) is 0 Å². The Morgan fingerprint density at radius 1 is 1.52 bits per heavy atom. The highest BCUT2D eigenvalue weighted by atomic mass is 16.3. The van der Waals surface area contributed by atoms with Crippen molar-refractivity contribution in [2.75, 3.05) is 0 Å². The fraction of sp³-hybridized carbons (Fsp3) is 0.500. The standard InChI is InChI=1S/C14H18N4O3/c1-8(2)7-17-10-5-6-15-18(10)14(21)11(13(17)20)12(19)16-9-3-4-9/h5-6,8-9,21H,3-4,7H2,1-2H3,(H,16,19). The van der Waals surface area contributed by atoms with Gasteiger partial charge in [-0.2, -0.15) is 9.61 Å². The molecule has 1 saturated carbocycles. The van der Waals surface area contributed by atoms with Crippen molar-refractivity contribution in [1.82, 2.24) is 19.5 Å². The largest absolute Gasteiger partial charge is 0.492 e. The molecular weight excluding hydrogens is 272 g/mol. The van der Waals surface area contributed by atoms with Gasteiger partial charge >= 0.3 is 0 Å². The van der Waals surface area contributed by atoms with Gasteiger partial charge < -0.3 is 10.4 Å². The maximum Gasteiger partial charge on any atom is 0.270 e. The van der Waals surface area contributed by atoms with Gasteiger partial charge in [0.25, 0.3) is 11.5 Å². The highest BCUT2D eigenvalue weighted by molar-refractivity contribution is 5.96. The lowest BCUT2D eigenvalue weighted by Crippen LogP contribution is -2.36. The molecule has 0 spiro atoms. The van der Waals surface area contributed by atoms with Crippen LogP contribution in [0, 0.1) is 5.92 Å². The summed E-state index contributed by atoms with van der Waals surface area (Å²) in [6.45, 7) is 4.42. The molecule has 0 atom stereocenters. The Morgan fingerprint density at radius 2 is 2.24 bits per heavy atom. The van der Waals surface area contributed by atoms with Gasteiger partial charge in [0, 0.05) is 18.7 Å². The zero-order chi connectivity index (χ0) is 15.1. The zero-order valence-electron chi connectivity index (χ0n) is 12.0. The molecule has 3 rings (SSSR count). The third-order valence-corrected chi connectivity index (χ3v) is 3.47. The number of aromatic hydroxyl groups is 1. The Bertz CT molecular complexity index is 755. The molecule has 1 aliphatic carbocycles. The van der Waals surface area contributed by atoms with Gasteiger partial charge in [-0.1, -0.05) is 13.8 Å². The number of aromatic nitrogens is 3. The molecule has 2 aromatic rings. The van der Waals surface area contributed by atoms with Crippen LogP contribution < -0.4 is 10.9 Å². The first-order valence-corrected chi connectivity index (χ1v) is 7.09. The number of fused-ring (bicyclic) bond motifs is 1. The van der Waals surface area contributed by atoms with Crippen LogP contribution in [0.15, 0.2) is 17.1 Å². The van der Waals surface area contributed by atoms with Crippen LogP contribution >= 0.6 is 0 Å². The van der Waals surface area contributed by atoms with Crippen molar-refractivity contribution in [3.8, 4) is 5.88 Å². The summed E-state index contributed by atoms with van der Waals surface area (Å²) in [5.41, 5.74) is -0.236. The van der Waals surface area contributed by atoms with E-state index in [1.807, 2.05) is 13.8 Å². The van der Waals surface area contributed by atoms with Crippen molar-refractivity contribution in [2.45, 2.75) is 39.3 Å². The van der Waals surface area contributed by atoms with Crippen molar-refractivity contribution < 1.29 is 9.90 Å². The van der Waals surface area contributed by atoms with Gasteiger partial charge in [-0.15, -0.1) is 0 Å². The lowest BCUT2D eigenvalue weighted by atomic mass is 10.2. The van der Waals surface area contributed by atoms with Crippen molar-refractivity contribution in [3.63, 3.8) is 0 Å². The van der Waals surface area contributed by atoms with Crippen LogP contribution in [0.1, 0.15) is 37.0 Å². The molecule has 2 N–H and O–H groups in total. The van der Waals surface area contributed by atoms with Gasteiger partial charge in [0.15, 0.2) is 5.56 Å². The minimum atomic E-state index is -0.532. The number of hydrogen-bond donors (Lipinski definition) is 2. The predicted molar refractivity (Wildman–Crippen MR) is 76.4 cm³/mol. The molecule has 7 heteroatoms. The highest BCUT2D eigenvalue weighted by Crippen LogP contribution is 2.21. The fourth-order valence-corrected chi connectivity index (χ4v) is 2.33. The molecule has 0 unspecified atom stereocenters. The van der Waals surface area contributed by atoms with E-state index < -0.39 is 17.3 Å². The molecule has 0 saturated heterocycles. The number of hydrogen-bond acceptors (Lipinski definition) is 4. The number of carbonyl (C=O) groups excluding carboxylic acids is 1. The number of nitrogens with one attached hydrogen (secondary N) is 1. The van der Waals surface area contributed by atoms with E-state index in [9.17, 15) is 14.7 Å². The lowest BCUT2D eigenvalue weighted by Gasteiger charge is -2.14. The quantitative estimate of drug-likeness (QED) is 0.869. The van der Waals surface area contributed by atoms with Crippen LogP contribution in [0.4, 0.5) is 0 Å². The van der Waals surface area contributed by atoms with Gasteiger partial charge in [-0.25, -0.2) is 0 Å². The van der Waals surface area contributed by atoms with Crippen molar-refractivity contribution in [3.05, 3.63) is 28.2 Å². The minimum absolute atomic E-state index is 0.114. The monoisotopic (exact) mass is 290 g/mol. The van der Waals surface area contributed by atoms with Crippen molar-refractivity contribution >= 4 is 11.6 Å². The van der Waals surface area contributed by atoms with Gasteiger partial charge in [0.2, 0.25) is 5.88 Å². The summed E-state index contributed by atoms with van der Waals surface area (Å²) in [5.74, 6) is -0.710. The Morgan fingerprint density at radius 3 is 2.86 bits per heavy atom. The summed E-state index contributed by atoms with van der Waals surface area (Å²) in [7, 11) is 0. The molecule has 0 radical (unpaired) electrons. The molecule has 0 aliphatic heterocycles. The molecule has 0 aromatic carbocycles. The number of amides is 1. The molecule has 2 heterocycles. The van der Waals surface area contributed by atoms with Gasteiger partial charge in [0.05, 0.1) is 6.20 Å². The van der Waals surface area contributed by atoms with Crippen LogP contribution in [0.5, 0.6) is 5.88 Å². The Kier molecular flexibility index (Phi) is 3.19. The Labute approximate surface area is 121 Å². The summed E-state index contributed by atoms with van der Waals surface area (Å²) in [6.07, 6.45) is 3.32. The third-order valence-electron chi connectivity index (χ3n) is 3.47. The molecule has 21 heavy (non-hydrogen) atoms. The van der Waals surface area contributed by atoms with Crippen molar-refractivity contribution in [1.29, 1.82) is 0 Å². The van der Waals surface area contributed by atoms with Gasteiger partial charge in [-0.3, -0.25) is 14.2 Å². The first-order valence-electron chi connectivity index (χ1n) is 7.09. The third kappa shape index (κ3) is 2.39. The van der Waals surface area contributed by atoms with E-state index in [0.29, 0.717) is 12.2 Å². The molecule has 112 valence electrons. The molecule has 2 aromatic heterocycles. The van der Waals surface area contributed by atoms with E-state index in [0.717, 1.165) is 12.8 Å². The molecule has 1 amide bonds. The van der Waals surface area contributed by atoms with Crippen molar-refractivity contribution in [2.24, 2.45) is 5.92 Å². The summed E-state index contributed by atoms with van der Waals surface area (Å²) in [5, 5.41) is 16.9. The molecular formula is C14H18N4O3. The summed E-state index contributed by atoms with van der Waals surface area (Å²) >= 11 is 0. The highest BCUT2D eigenvalue weighted by Gasteiger charge is 2.29. The SMILES string of the molecule is CC(C)Cn1c(=O)c(C(=O)NC2CC2)c(O)n2nccc12. The van der Waals surface area contributed by atoms with Crippen LogP contribution in [-0.4, -0.2) is 31.2 Å². The fourth-order valence-electron chi connectivity index (χ4n) is 2.33. The lowest BCUT2D eigenvalue weighted by molar-refractivity contribution is 0.0944. The average molecular weight is 290 g/mol. The molecule has 1 fully saturated rings. The maximum atomic E-state index is 12.6. The minimum Gasteiger partial charge on any atom is -0.492 e. The number of nitrogens with zero attached hydrogens (tertiary/aromatic N) is 3. The maximum absolute atomic E-state index is 12.6. The number of rotatable bonds is 4. The van der Waals surface area contributed by atoms with Crippen LogP contribution in [0.25, 0.3) is 5.65 Å². The first kappa shape index (κ1) is 13.7. The predicted octanol–water partition coefficient (Wildman–Crippen LogP) is 0.750. The summed E-state index contributed by atoms with van der Waals surface area (Å²) in [4.78, 5) is 24.8. The first-order chi connectivity index (χ1) is 9.99. The second-order valence-corrected chi connectivity index (χ2v) is 5.86. The smallest absolute Gasteiger partial charge is 0.270 e. The second-order valence-electron chi connectivity index (χ2n) is 5.86. The van der Waals surface area contributed by atoms with Crippen LogP contribution in [0.3, 0.4) is 0 Å². The molecule has 7 nitrogen and oxygen atoms in total. The topological polar surface area (TPSA) is 88.6 Å². The summed E-state index contributed by atoms with van der Waals surface area (Å²) in [6, 6.07) is 1.76. The second kappa shape index (κ2) is 4.91. The van der Waals surface area contributed by atoms with E-state index in [-0.39, 0.29) is 17.5 Å². The Hall–Kier alpha value is -2.31. The zero-order valence-corrected chi connectivity index (χ0v) is 12.0. The Balaban J connectivity index is 2.18. The normalized spacial score (nSPS) is 14.8. The van der Waals surface area contributed by atoms with E-state index in [2.05, 4.69) is 10.4 Å². The van der Waals surface area contributed by atoms with Crippen LogP contribution in [0.2, 0.25) is 0 Å². The van der Waals surface area contributed by atoms with E-state index >= 15 is 0 Å². The van der Waals surface area contributed by atoms with E-state index in [1.165, 1.54) is 15.3 Å². The van der Waals surface area contributed by atoms with Crippen LogP contribution in [-0.2, 0) is 6.54 Å². The molecule has 1 aliphatic rings. The van der Waals surface area contributed by atoms with Gasteiger partial charge in [-0.05, 0) is 18.8 Å². The van der Waals surface area contributed by atoms with Gasteiger partial charge in [0.1, 0.15) is 5.65 Å².